The van der Waals surface area contributed by atoms with E-state index in [1.54, 1.807) is 6.33 Å². The van der Waals surface area contributed by atoms with Gasteiger partial charge in [-0.05, 0) is 12.8 Å². The van der Waals surface area contributed by atoms with Crippen LogP contribution in [-0.4, -0.2) is 45.1 Å². The molecule has 1 aliphatic rings. The van der Waals surface area contributed by atoms with Crippen molar-refractivity contribution in [3.05, 3.63) is 12.2 Å². The van der Waals surface area contributed by atoms with Crippen LogP contribution >= 0.6 is 0 Å². The molecule has 1 aliphatic carbocycles. The Morgan fingerprint density at radius 3 is 3.14 bits per heavy atom. The van der Waals surface area contributed by atoms with Gasteiger partial charge in [-0.25, -0.2) is 4.79 Å². The van der Waals surface area contributed by atoms with Crippen molar-refractivity contribution in [2.45, 2.75) is 52.1 Å². The lowest BCUT2D eigenvalue weighted by molar-refractivity contribution is 0.121. The van der Waals surface area contributed by atoms with Crippen molar-refractivity contribution in [2.24, 2.45) is 5.41 Å². The molecule has 0 radical (unpaired) electrons. The molecule has 1 aromatic heterocycles. The molecule has 3 N–H and O–H groups in total. The predicted octanol–water partition coefficient (Wildman–Crippen LogP) is 0.691. The predicted molar refractivity (Wildman–Crippen MR) is 78.8 cm³/mol. The number of hydrogen-bond acceptors (Lipinski definition) is 4. The Labute approximate surface area is 125 Å². The summed E-state index contributed by atoms with van der Waals surface area (Å²) in [6.07, 6.45) is 5.43. The van der Waals surface area contributed by atoms with Gasteiger partial charge >= 0.3 is 6.03 Å². The molecule has 0 aromatic carbocycles. The summed E-state index contributed by atoms with van der Waals surface area (Å²) in [6, 6.07) is -0.128. The molecule has 1 aromatic rings. The van der Waals surface area contributed by atoms with Crippen LogP contribution in [0.25, 0.3) is 0 Å². The van der Waals surface area contributed by atoms with Crippen molar-refractivity contribution in [2.75, 3.05) is 13.2 Å². The standard InChI is InChI=1S/C14H25N5O2/c1-3-12-18-16-10-19(12)8-7-15-13(21)17-11-5-4-6-14(11,2)9-20/h10-11,20H,3-9H2,1-2H3,(H2,15,17,21). The van der Waals surface area contributed by atoms with Gasteiger partial charge in [0.2, 0.25) is 0 Å². The maximum Gasteiger partial charge on any atom is 0.315 e. The first kappa shape index (κ1) is 15.8. The number of aliphatic hydroxyl groups excluding tert-OH is 1. The number of aryl methyl sites for hydroxylation is 1. The van der Waals surface area contributed by atoms with E-state index in [0.29, 0.717) is 13.1 Å². The molecule has 7 heteroatoms. The first-order valence-corrected chi connectivity index (χ1v) is 7.61. The van der Waals surface area contributed by atoms with E-state index < -0.39 is 0 Å². The lowest BCUT2D eigenvalue weighted by atomic mass is 9.86. The molecule has 2 rings (SSSR count). The molecule has 2 amide bonds. The first-order chi connectivity index (χ1) is 10.1. The smallest absolute Gasteiger partial charge is 0.315 e. The monoisotopic (exact) mass is 295 g/mol. The second-order valence-corrected chi connectivity index (χ2v) is 5.95. The zero-order chi connectivity index (χ0) is 15.3. The quantitative estimate of drug-likeness (QED) is 0.720. The average molecular weight is 295 g/mol. The van der Waals surface area contributed by atoms with E-state index >= 15 is 0 Å². The topological polar surface area (TPSA) is 92.1 Å². The molecule has 0 spiro atoms. The van der Waals surface area contributed by atoms with Crippen LogP contribution < -0.4 is 10.6 Å². The highest BCUT2D eigenvalue weighted by Gasteiger charge is 2.38. The number of carbonyl (C=O) groups excluding carboxylic acids is 1. The molecule has 2 unspecified atom stereocenters. The summed E-state index contributed by atoms with van der Waals surface area (Å²) in [5.41, 5.74) is -0.193. The summed E-state index contributed by atoms with van der Waals surface area (Å²) in [5.74, 6) is 0.917. The van der Waals surface area contributed by atoms with Gasteiger partial charge in [0.1, 0.15) is 12.2 Å². The molecule has 1 fully saturated rings. The highest BCUT2D eigenvalue weighted by Crippen LogP contribution is 2.37. The van der Waals surface area contributed by atoms with E-state index in [1.807, 2.05) is 18.4 Å². The lowest BCUT2D eigenvalue weighted by Crippen LogP contribution is -2.49. The van der Waals surface area contributed by atoms with E-state index in [4.69, 9.17) is 0 Å². The number of hydrogen-bond donors (Lipinski definition) is 3. The molecule has 0 aliphatic heterocycles. The third kappa shape index (κ3) is 3.72. The van der Waals surface area contributed by atoms with Crippen LogP contribution in [-0.2, 0) is 13.0 Å². The second-order valence-electron chi connectivity index (χ2n) is 5.95. The van der Waals surface area contributed by atoms with Crippen molar-refractivity contribution in [3.8, 4) is 0 Å². The van der Waals surface area contributed by atoms with E-state index in [0.717, 1.165) is 31.5 Å². The second kappa shape index (κ2) is 6.89. The number of nitrogens with zero attached hydrogens (tertiary/aromatic N) is 3. The SMILES string of the molecule is CCc1nncn1CCNC(=O)NC1CCCC1(C)CO. The highest BCUT2D eigenvalue weighted by atomic mass is 16.3. The third-order valence-corrected chi connectivity index (χ3v) is 4.40. The Morgan fingerprint density at radius 1 is 1.62 bits per heavy atom. The van der Waals surface area contributed by atoms with Crippen LogP contribution in [0.3, 0.4) is 0 Å². The van der Waals surface area contributed by atoms with Crippen LogP contribution in [0.1, 0.15) is 38.9 Å². The largest absolute Gasteiger partial charge is 0.396 e. The fourth-order valence-electron chi connectivity index (χ4n) is 2.91. The Morgan fingerprint density at radius 2 is 2.43 bits per heavy atom. The molecule has 1 saturated carbocycles. The zero-order valence-electron chi connectivity index (χ0n) is 12.8. The summed E-state index contributed by atoms with van der Waals surface area (Å²) in [6.45, 7) is 5.34. The van der Waals surface area contributed by atoms with Crippen molar-refractivity contribution < 1.29 is 9.90 Å². The highest BCUT2D eigenvalue weighted by molar-refractivity contribution is 5.74. The minimum absolute atomic E-state index is 0.0450. The summed E-state index contributed by atoms with van der Waals surface area (Å²) < 4.78 is 1.94. The maximum absolute atomic E-state index is 11.9. The fourth-order valence-corrected chi connectivity index (χ4v) is 2.91. The van der Waals surface area contributed by atoms with Gasteiger partial charge < -0.3 is 20.3 Å². The maximum atomic E-state index is 11.9. The number of aliphatic hydroxyl groups is 1. The first-order valence-electron chi connectivity index (χ1n) is 7.61. The number of carbonyl (C=O) groups is 1. The molecule has 118 valence electrons. The molecule has 21 heavy (non-hydrogen) atoms. The minimum atomic E-state index is -0.193. The van der Waals surface area contributed by atoms with Gasteiger partial charge in [0, 0.05) is 31.0 Å². The molecular formula is C14H25N5O2. The van der Waals surface area contributed by atoms with Crippen LogP contribution in [0.5, 0.6) is 0 Å². The molecule has 0 saturated heterocycles. The molecular weight excluding hydrogens is 270 g/mol. The Hall–Kier alpha value is -1.63. The van der Waals surface area contributed by atoms with Gasteiger partial charge in [-0.15, -0.1) is 10.2 Å². The number of aromatic nitrogens is 3. The summed E-state index contributed by atoms with van der Waals surface area (Å²) in [4.78, 5) is 11.9. The minimum Gasteiger partial charge on any atom is -0.396 e. The van der Waals surface area contributed by atoms with E-state index in [1.165, 1.54) is 0 Å². The van der Waals surface area contributed by atoms with Crippen molar-refractivity contribution in [3.63, 3.8) is 0 Å². The van der Waals surface area contributed by atoms with Gasteiger partial charge in [-0.2, -0.15) is 0 Å². The van der Waals surface area contributed by atoms with Gasteiger partial charge in [0.25, 0.3) is 0 Å². The summed E-state index contributed by atoms with van der Waals surface area (Å²) >= 11 is 0. The van der Waals surface area contributed by atoms with Crippen LogP contribution in [0.4, 0.5) is 4.79 Å². The molecule has 1 heterocycles. The Balaban J connectivity index is 1.75. The fraction of sp³-hybridized carbons (Fsp3) is 0.786. The van der Waals surface area contributed by atoms with E-state index in [9.17, 15) is 9.90 Å². The number of nitrogens with one attached hydrogen (secondary N) is 2. The zero-order valence-corrected chi connectivity index (χ0v) is 12.8. The van der Waals surface area contributed by atoms with Crippen molar-refractivity contribution in [1.29, 1.82) is 0 Å². The average Bonchev–Trinajstić information content (AvgIpc) is 3.07. The Kier molecular flexibility index (Phi) is 5.17. The van der Waals surface area contributed by atoms with Gasteiger partial charge in [0.15, 0.2) is 0 Å². The van der Waals surface area contributed by atoms with Crippen LogP contribution in [0.15, 0.2) is 6.33 Å². The number of urea groups is 1. The van der Waals surface area contributed by atoms with Gasteiger partial charge in [-0.3, -0.25) is 0 Å². The molecule has 7 nitrogen and oxygen atoms in total. The van der Waals surface area contributed by atoms with Crippen LogP contribution in [0, 0.1) is 5.41 Å². The molecule has 0 bridgehead atoms. The summed E-state index contributed by atoms with van der Waals surface area (Å²) in [5, 5.41) is 23.2. The lowest BCUT2D eigenvalue weighted by Gasteiger charge is -2.30. The third-order valence-electron chi connectivity index (χ3n) is 4.40. The van der Waals surface area contributed by atoms with Crippen molar-refractivity contribution >= 4 is 6.03 Å². The summed E-state index contributed by atoms with van der Waals surface area (Å²) in [7, 11) is 0. The number of amides is 2. The molecule has 2 atom stereocenters. The number of rotatable bonds is 6. The Bertz CT molecular complexity index is 476. The van der Waals surface area contributed by atoms with Gasteiger partial charge in [-0.1, -0.05) is 20.3 Å². The van der Waals surface area contributed by atoms with Crippen LogP contribution in [0.2, 0.25) is 0 Å². The van der Waals surface area contributed by atoms with E-state index in [-0.39, 0.29) is 24.1 Å². The van der Waals surface area contributed by atoms with Gasteiger partial charge in [0.05, 0.1) is 6.61 Å². The van der Waals surface area contributed by atoms with Crippen molar-refractivity contribution in [1.82, 2.24) is 25.4 Å². The normalized spacial score (nSPS) is 25.0. The van der Waals surface area contributed by atoms with E-state index in [2.05, 4.69) is 20.8 Å².